The molecule has 2 heterocycles. The highest BCUT2D eigenvalue weighted by Crippen LogP contribution is 2.27. The minimum atomic E-state index is -0.755. The maximum atomic E-state index is 12.6. The topological polar surface area (TPSA) is 79.7 Å². The standard InChI is InChI=1S/C16H20N2O5/c1-16(2,3)23-15(20)18-12-7-11(9-19)17-8-10(12)6-13(18)14(21-4)22-5/h6-9,14H,1-5H3. The van der Waals surface area contributed by atoms with Crippen molar-refractivity contribution >= 4 is 23.3 Å². The fourth-order valence-electron chi connectivity index (χ4n) is 2.23. The molecule has 0 unspecified atom stereocenters. The molecule has 2 rings (SSSR count). The van der Waals surface area contributed by atoms with Crippen molar-refractivity contribution in [2.24, 2.45) is 0 Å². The molecule has 0 amide bonds. The highest BCUT2D eigenvalue weighted by molar-refractivity contribution is 5.93. The van der Waals surface area contributed by atoms with Gasteiger partial charge in [0.2, 0.25) is 0 Å². The second kappa shape index (κ2) is 6.47. The number of aldehydes is 1. The lowest BCUT2D eigenvalue weighted by Crippen LogP contribution is -2.28. The summed E-state index contributed by atoms with van der Waals surface area (Å²) in [6.07, 6.45) is 0.806. The van der Waals surface area contributed by atoms with Crippen molar-refractivity contribution in [1.29, 1.82) is 0 Å². The van der Waals surface area contributed by atoms with Crippen LogP contribution >= 0.6 is 0 Å². The van der Waals surface area contributed by atoms with Crippen LogP contribution in [0.25, 0.3) is 10.9 Å². The van der Waals surface area contributed by atoms with Gasteiger partial charge in [-0.3, -0.25) is 9.78 Å². The molecule has 0 fully saturated rings. The van der Waals surface area contributed by atoms with Gasteiger partial charge in [0.15, 0.2) is 12.6 Å². The summed E-state index contributed by atoms with van der Waals surface area (Å²) in [4.78, 5) is 27.6. The van der Waals surface area contributed by atoms with Gasteiger partial charge in [0.1, 0.15) is 11.3 Å². The lowest BCUT2D eigenvalue weighted by molar-refractivity contribution is -0.110. The SMILES string of the molecule is COC(OC)c1cc2cnc(C=O)cc2n1C(=O)OC(C)(C)C. The van der Waals surface area contributed by atoms with E-state index in [1.54, 1.807) is 26.8 Å². The van der Waals surface area contributed by atoms with Gasteiger partial charge in [0.05, 0.1) is 11.2 Å². The van der Waals surface area contributed by atoms with Crippen LogP contribution in [0.2, 0.25) is 0 Å². The monoisotopic (exact) mass is 320 g/mol. The minimum absolute atomic E-state index is 0.221. The fraction of sp³-hybridized carbons (Fsp3) is 0.438. The third-order valence-corrected chi connectivity index (χ3v) is 3.10. The summed E-state index contributed by atoms with van der Waals surface area (Å²) in [5.41, 5.74) is 0.522. The number of hydrogen-bond acceptors (Lipinski definition) is 6. The fourth-order valence-corrected chi connectivity index (χ4v) is 2.23. The summed E-state index contributed by atoms with van der Waals surface area (Å²) in [6, 6.07) is 3.25. The van der Waals surface area contributed by atoms with Crippen LogP contribution < -0.4 is 0 Å². The van der Waals surface area contributed by atoms with E-state index in [-0.39, 0.29) is 5.69 Å². The maximum absolute atomic E-state index is 12.6. The van der Waals surface area contributed by atoms with Crippen LogP contribution in [0.15, 0.2) is 18.3 Å². The Kier molecular flexibility index (Phi) is 4.82. The van der Waals surface area contributed by atoms with Crippen molar-refractivity contribution in [3.63, 3.8) is 0 Å². The number of hydrogen-bond donors (Lipinski definition) is 0. The number of rotatable bonds is 4. The molecule has 124 valence electrons. The van der Waals surface area contributed by atoms with E-state index < -0.39 is 18.0 Å². The number of nitrogens with zero attached hydrogens (tertiary/aromatic N) is 2. The molecule has 0 aliphatic rings. The molecular weight excluding hydrogens is 300 g/mol. The normalized spacial score (nSPS) is 11.9. The van der Waals surface area contributed by atoms with Crippen molar-refractivity contribution in [2.75, 3.05) is 14.2 Å². The molecule has 0 saturated carbocycles. The van der Waals surface area contributed by atoms with Crippen molar-refractivity contribution in [1.82, 2.24) is 9.55 Å². The molecule has 0 saturated heterocycles. The zero-order chi connectivity index (χ0) is 17.2. The van der Waals surface area contributed by atoms with Gasteiger partial charge < -0.3 is 14.2 Å². The smallest absolute Gasteiger partial charge is 0.419 e. The van der Waals surface area contributed by atoms with Gasteiger partial charge in [-0.25, -0.2) is 9.36 Å². The number of aromatic nitrogens is 2. The average molecular weight is 320 g/mol. The molecule has 0 N–H and O–H groups in total. The highest BCUT2D eigenvalue weighted by atomic mass is 16.7. The van der Waals surface area contributed by atoms with E-state index in [0.717, 1.165) is 0 Å². The Morgan fingerprint density at radius 1 is 1.26 bits per heavy atom. The lowest BCUT2D eigenvalue weighted by Gasteiger charge is -2.22. The van der Waals surface area contributed by atoms with Crippen LogP contribution in [0.5, 0.6) is 0 Å². The third-order valence-electron chi connectivity index (χ3n) is 3.10. The zero-order valence-corrected chi connectivity index (χ0v) is 13.8. The quantitative estimate of drug-likeness (QED) is 0.636. The van der Waals surface area contributed by atoms with Crippen molar-refractivity contribution in [3.05, 3.63) is 29.7 Å². The van der Waals surface area contributed by atoms with Crippen molar-refractivity contribution < 1.29 is 23.8 Å². The van der Waals surface area contributed by atoms with Gasteiger partial charge in [-0.15, -0.1) is 0 Å². The Labute approximate surface area is 134 Å². The first kappa shape index (κ1) is 17.1. The molecular formula is C16H20N2O5. The number of carbonyl (C=O) groups is 2. The summed E-state index contributed by atoms with van der Waals surface area (Å²) in [5, 5.41) is 0.676. The molecule has 0 bridgehead atoms. The molecule has 23 heavy (non-hydrogen) atoms. The zero-order valence-electron chi connectivity index (χ0n) is 13.8. The molecule has 0 atom stereocenters. The first-order valence-electron chi connectivity index (χ1n) is 7.06. The van der Waals surface area contributed by atoms with E-state index in [1.807, 2.05) is 0 Å². The predicted molar refractivity (Wildman–Crippen MR) is 83.5 cm³/mol. The molecule has 0 spiro atoms. The average Bonchev–Trinajstić information content (AvgIpc) is 2.84. The third kappa shape index (κ3) is 3.57. The number of fused-ring (bicyclic) bond motifs is 1. The maximum Gasteiger partial charge on any atom is 0.419 e. The Bertz CT molecular complexity index is 726. The van der Waals surface area contributed by atoms with Crippen LogP contribution in [0.4, 0.5) is 4.79 Å². The second-order valence-corrected chi connectivity index (χ2v) is 5.97. The number of carbonyl (C=O) groups excluding carboxylic acids is 2. The van der Waals surface area contributed by atoms with E-state index in [0.29, 0.717) is 22.9 Å². The van der Waals surface area contributed by atoms with Gasteiger partial charge in [0.25, 0.3) is 0 Å². The van der Waals surface area contributed by atoms with Crippen LogP contribution in [-0.4, -0.2) is 41.8 Å². The van der Waals surface area contributed by atoms with Crippen LogP contribution in [0.3, 0.4) is 0 Å². The minimum Gasteiger partial charge on any atom is -0.443 e. The van der Waals surface area contributed by atoms with Gasteiger partial charge in [0, 0.05) is 25.8 Å². The largest absolute Gasteiger partial charge is 0.443 e. The van der Waals surface area contributed by atoms with Crippen molar-refractivity contribution in [2.45, 2.75) is 32.7 Å². The Hall–Kier alpha value is -2.25. The molecule has 2 aromatic rings. The number of pyridine rings is 1. The molecule has 0 aliphatic carbocycles. The number of methoxy groups -OCH3 is 2. The molecule has 0 radical (unpaired) electrons. The predicted octanol–water partition coefficient (Wildman–Crippen LogP) is 2.92. The summed E-state index contributed by atoms with van der Waals surface area (Å²) >= 11 is 0. The molecule has 7 heteroatoms. The Balaban J connectivity index is 2.66. The molecule has 7 nitrogen and oxygen atoms in total. The number of ether oxygens (including phenoxy) is 3. The Morgan fingerprint density at radius 3 is 2.43 bits per heavy atom. The van der Waals surface area contributed by atoms with Crippen LogP contribution in [-0.2, 0) is 14.2 Å². The lowest BCUT2D eigenvalue weighted by atomic mass is 10.2. The molecule has 0 aliphatic heterocycles. The van der Waals surface area contributed by atoms with Crippen LogP contribution in [0.1, 0.15) is 43.2 Å². The van der Waals surface area contributed by atoms with Gasteiger partial charge in [-0.05, 0) is 32.9 Å². The summed E-state index contributed by atoms with van der Waals surface area (Å²) in [6.45, 7) is 5.33. The van der Waals surface area contributed by atoms with Gasteiger partial charge in [-0.2, -0.15) is 0 Å². The van der Waals surface area contributed by atoms with E-state index in [2.05, 4.69) is 4.98 Å². The van der Waals surface area contributed by atoms with E-state index in [1.165, 1.54) is 31.0 Å². The van der Waals surface area contributed by atoms with Gasteiger partial charge >= 0.3 is 6.09 Å². The first-order chi connectivity index (χ1) is 10.8. The van der Waals surface area contributed by atoms with E-state index in [9.17, 15) is 9.59 Å². The molecule has 2 aromatic heterocycles. The van der Waals surface area contributed by atoms with Crippen LogP contribution in [0, 0.1) is 0 Å². The summed E-state index contributed by atoms with van der Waals surface area (Å²) in [5.74, 6) is 0. The molecule has 0 aromatic carbocycles. The highest BCUT2D eigenvalue weighted by Gasteiger charge is 2.26. The van der Waals surface area contributed by atoms with Crippen molar-refractivity contribution in [3.8, 4) is 0 Å². The second-order valence-electron chi connectivity index (χ2n) is 5.97. The van der Waals surface area contributed by atoms with E-state index in [4.69, 9.17) is 14.2 Å². The summed E-state index contributed by atoms with van der Waals surface area (Å²) < 4.78 is 17.3. The Morgan fingerprint density at radius 2 is 1.91 bits per heavy atom. The van der Waals surface area contributed by atoms with Gasteiger partial charge in [-0.1, -0.05) is 0 Å². The van der Waals surface area contributed by atoms with E-state index >= 15 is 0 Å². The first-order valence-corrected chi connectivity index (χ1v) is 7.06. The summed E-state index contributed by atoms with van der Waals surface area (Å²) in [7, 11) is 2.95.